The molecule has 0 heterocycles. The van der Waals surface area contributed by atoms with E-state index in [4.69, 9.17) is 15.9 Å². The molecular weight excluding hydrogens is 279 g/mol. The summed E-state index contributed by atoms with van der Waals surface area (Å²) in [5, 5.41) is 0. The Morgan fingerprint density at radius 3 is 2.00 bits per heavy atom. The molecule has 0 amide bonds. The largest absolute Gasteiger partial charge is 0.495 e. The maximum atomic E-state index is 5.28. The fraction of sp³-hybridized carbons (Fsp3) is 0.200. The van der Waals surface area contributed by atoms with E-state index >= 15 is 0 Å². The van der Waals surface area contributed by atoms with Crippen LogP contribution in [0.15, 0.2) is 12.1 Å². The summed E-state index contributed by atoms with van der Waals surface area (Å²) < 4.78 is 11.2. The lowest BCUT2D eigenvalue weighted by molar-refractivity contribution is 0.388. The Hall–Kier alpha value is -0.890. The fourth-order valence-electron chi connectivity index (χ4n) is 0.953. The molecule has 0 aromatic heterocycles. The highest BCUT2D eigenvalue weighted by atomic mass is 127. The second kappa shape index (κ2) is 4.38. The fourth-order valence-corrected chi connectivity index (χ4v) is 1.70. The van der Waals surface area contributed by atoms with E-state index in [9.17, 15) is 0 Å². The van der Waals surface area contributed by atoms with Crippen molar-refractivity contribution < 1.29 is 9.47 Å². The highest BCUT2D eigenvalue weighted by Gasteiger charge is 2.08. The minimum absolute atomic E-state index is 0.743. The summed E-state index contributed by atoms with van der Waals surface area (Å²) in [6.45, 7) is 0. The normalized spacial score (nSPS) is 9.08. The van der Waals surface area contributed by atoms with Gasteiger partial charge in [-0.3, -0.25) is 0 Å². The molecule has 13 heavy (non-hydrogen) atoms. The van der Waals surface area contributed by atoms with Crippen molar-refractivity contribution in [1.82, 2.24) is 0 Å². The van der Waals surface area contributed by atoms with Gasteiger partial charge in [-0.25, -0.2) is 0 Å². The molecule has 0 atom stereocenters. The first-order chi connectivity index (χ1) is 6.22. The first kappa shape index (κ1) is 10.2. The van der Waals surface area contributed by atoms with Crippen LogP contribution in [0.1, 0.15) is 5.56 Å². The van der Waals surface area contributed by atoms with E-state index in [2.05, 4.69) is 28.5 Å². The van der Waals surface area contributed by atoms with Crippen LogP contribution < -0.4 is 9.47 Å². The standard InChI is InChI=1S/C10H9IO2/c1-4-7-5-8(12-2)10(11)9(6-7)13-3/h1,5-6H,2-3H3. The van der Waals surface area contributed by atoms with Gasteiger partial charge in [-0.05, 0) is 34.7 Å². The average molecular weight is 288 g/mol. The summed E-state index contributed by atoms with van der Waals surface area (Å²) in [7, 11) is 3.22. The molecule has 68 valence electrons. The predicted octanol–water partition coefficient (Wildman–Crippen LogP) is 2.29. The summed E-state index contributed by atoms with van der Waals surface area (Å²) >= 11 is 2.16. The van der Waals surface area contributed by atoms with Crippen LogP contribution in [-0.4, -0.2) is 14.2 Å². The molecule has 1 rings (SSSR count). The molecule has 0 radical (unpaired) electrons. The highest BCUT2D eigenvalue weighted by molar-refractivity contribution is 14.1. The lowest BCUT2D eigenvalue weighted by Crippen LogP contribution is -1.93. The molecule has 1 aromatic rings. The van der Waals surface area contributed by atoms with Crippen LogP contribution >= 0.6 is 22.6 Å². The molecular formula is C10H9IO2. The van der Waals surface area contributed by atoms with Crippen molar-refractivity contribution in [2.75, 3.05) is 14.2 Å². The predicted molar refractivity (Wildman–Crippen MR) is 60.2 cm³/mol. The first-order valence-electron chi connectivity index (χ1n) is 3.61. The van der Waals surface area contributed by atoms with Crippen LogP contribution in [0.4, 0.5) is 0 Å². The lowest BCUT2D eigenvalue weighted by atomic mass is 10.2. The molecule has 0 saturated carbocycles. The van der Waals surface area contributed by atoms with Crippen LogP contribution in [0.25, 0.3) is 0 Å². The summed E-state index contributed by atoms with van der Waals surface area (Å²) in [4.78, 5) is 0. The maximum Gasteiger partial charge on any atom is 0.137 e. The van der Waals surface area contributed by atoms with Crippen LogP contribution in [0.3, 0.4) is 0 Å². The summed E-state index contributed by atoms with van der Waals surface area (Å²) in [5.41, 5.74) is 0.758. The van der Waals surface area contributed by atoms with Crippen molar-refractivity contribution in [3.63, 3.8) is 0 Å². The number of hydrogen-bond acceptors (Lipinski definition) is 2. The third kappa shape index (κ3) is 2.07. The van der Waals surface area contributed by atoms with Gasteiger partial charge in [0, 0.05) is 5.56 Å². The minimum Gasteiger partial charge on any atom is -0.495 e. The molecule has 0 N–H and O–H groups in total. The summed E-state index contributed by atoms with van der Waals surface area (Å²) in [5.74, 6) is 4.03. The van der Waals surface area contributed by atoms with Gasteiger partial charge in [0.2, 0.25) is 0 Å². The average Bonchev–Trinajstić information content (AvgIpc) is 2.18. The second-order valence-electron chi connectivity index (χ2n) is 2.34. The maximum absolute atomic E-state index is 5.28. The Bertz CT molecular complexity index is 327. The first-order valence-corrected chi connectivity index (χ1v) is 4.69. The third-order valence-electron chi connectivity index (χ3n) is 1.61. The van der Waals surface area contributed by atoms with Gasteiger partial charge in [0.15, 0.2) is 0 Å². The van der Waals surface area contributed by atoms with E-state index < -0.39 is 0 Å². The summed E-state index contributed by atoms with van der Waals surface area (Å²) in [6.07, 6.45) is 5.28. The Labute approximate surface area is 91.4 Å². The number of halogens is 1. The Morgan fingerprint density at radius 2 is 1.69 bits per heavy atom. The molecule has 0 aliphatic carbocycles. The smallest absolute Gasteiger partial charge is 0.137 e. The number of rotatable bonds is 2. The number of ether oxygens (including phenoxy) is 2. The molecule has 0 fully saturated rings. The van der Waals surface area contributed by atoms with Crippen molar-refractivity contribution in [1.29, 1.82) is 0 Å². The van der Waals surface area contributed by atoms with E-state index in [0.717, 1.165) is 20.6 Å². The van der Waals surface area contributed by atoms with Gasteiger partial charge in [0.1, 0.15) is 11.5 Å². The highest BCUT2D eigenvalue weighted by Crippen LogP contribution is 2.31. The van der Waals surface area contributed by atoms with Crippen LogP contribution in [0.2, 0.25) is 0 Å². The molecule has 0 bridgehead atoms. The van der Waals surface area contributed by atoms with E-state index in [1.807, 2.05) is 12.1 Å². The van der Waals surface area contributed by atoms with Gasteiger partial charge in [0.05, 0.1) is 17.8 Å². The SMILES string of the molecule is C#Cc1cc(OC)c(I)c(OC)c1. The van der Waals surface area contributed by atoms with Gasteiger partial charge in [0.25, 0.3) is 0 Å². The minimum atomic E-state index is 0.743. The zero-order valence-corrected chi connectivity index (χ0v) is 9.58. The Balaban J connectivity index is 3.30. The monoisotopic (exact) mass is 288 g/mol. The van der Waals surface area contributed by atoms with Gasteiger partial charge in [-0.15, -0.1) is 6.42 Å². The van der Waals surface area contributed by atoms with Crippen LogP contribution in [0.5, 0.6) is 11.5 Å². The van der Waals surface area contributed by atoms with E-state index in [-0.39, 0.29) is 0 Å². The second-order valence-corrected chi connectivity index (χ2v) is 3.42. The zero-order valence-electron chi connectivity index (χ0n) is 7.43. The zero-order chi connectivity index (χ0) is 9.84. The van der Waals surface area contributed by atoms with Gasteiger partial charge in [-0.1, -0.05) is 5.92 Å². The van der Waals surface area contributed by atoms with Gasteiger partial charge >= 0.3 is 0 Å². The number of methoxy groups -OCH3 is 2. The van der Waals surface area contributed by atoms with Gasteiger partial charge in [-0.2, -0.15) is 0 Å². The third-order valence-corrected chi connectivity index (χ3v) is 2.68. The van der Waals surface area contributed by atoms with E-state index in [0.29, 0.717) is 0 Å². The van der Waals surface area contributed by atoms with Crippen LogP contribution in [0, 0.1) is 15.9 Å². The molecule has 2 nitrogen and oxygen atoms in total. The van der Waals surface area contributed by atoms with Crippen molar-refractivity contribution in [2.24, 2.45) is 0 Å². The van der Waals surface area contributed by atoms with Crippen molar-refractivity contribution in [3.8, 4) is 23.8 Å². The molecule has 0 spiro atoms. The summed E-state index contributed by atoms with van der Waals surface area (Å²) in [6, 6.07) is 3.62. The molecule has 1 aromatic carbocycles. The Morgan fingerprint density at radius 1 is 1.23 bits per heavy atom. The molecule has 0 unspecified atom stereocenters. The number of benzene rings is 1. The van der Waals surface area contributed by atoms with Crippen LogP contribution in [-0.2, 0) is 0 Å². The number of hydrogen-bond donors (Lipinski definition) is 0. The lowest BCUT2D eigenvalue weighted by Gasteiger charge is -2.08. The molecule has 0 saturated heterocycles. The number of terminal acetylenes is 1. The van der Waals surface area contributed by atoms with Crippen molar-refractivity contribution in [3.05, 3.63) is 21.3 Å². The van der Waals surface area contributed by atoms with Gasteiger partial charge < -0.3 is 9.47 Å². The van der Waals surface area contributed by atoms with E-state index in [1.54, 1.807) is 14.2 Å². The molecule has 0 aliphatic rings. The topological polar surface area (TPSA) is 18.5 Å². The van der Waals surface area contributed by atoms with E-state index in [1.165, 1.54) is 0 Å². The molecule has 3 heteroatoms. The van der Waals surface area contributed by atoms with Crippen molar-refractivity contribution in [2.45, 2.75) is 0 Å². The Kier molecular flexibility index (Phi) is 3.43. The quantitative estimate of drug-likeness (QED) is 0.614. The molecule has 0 aliphatic heterocycles. The van der Waals surface area contributed by atoms with Crippen molar-refractivity contribution >= 4 is 22.6 Å².